The summed E-state index contributed by atoms with van der Waals surface area (Å²) < 4.78 is 0.0349. The van der Waals surface area contributed by atoms with Gasteiger partial charge in [0.25, 0.3) is 5.56 Å². The maximum atomic E-state index is 11.6. The minimum absolute atomic E-state index is 0.0349. The van der Waals surface area contributed by atoms with E-state index in [1.807, 2.05) is 12.1 Å². The lowest BCUT2D eigenvalue weighted by molar-refractivity contribution is 0.451. The zero-order valence-electron chi connectivity index (χ0n) is 11.0. The third-order valence-corrected chi connectivity index (χ3v) is 2.93. The molecule has 0 aliphatic rings. The van der Waals surface area contributed by atoms with Gasteiger partial charge in [0.2, 0.25) is 11.6 Å². The molecule has 0 spiro atoms. The summed E-state index contributed by atoms with van der Waals surface area (Å²) in [5, 5.41) is 17.2. The average Bonchev–Trinajstić information content (AvgIpc) is 2.38. The number of nitrogens with one attached hydrogen (secondary N) is 2. The van der Waals surface area contributed by atoms with E-state index < -0.39 is 11.4 Å². The van der Waals surface area contributed by atoms with Crippen molar-refractivity contribution in [1.29, 1.82) is 0 Å². The van der Waals surface area contributed by atoms with Gasteiger partial charge in [-0.3, -0.25) is 9.78 Å². The fourth-order valence-corrected chi connectivity index (χ4v) is 1.78. The second-order valence-electron chi connectivity index (χ2n) is 4.55. The Labute approximate surface area is 120 Å². The minimum atomic E-state index is -0.589. The topological polar surface area (TPSA) is 93.6 Å². The van der Waals surface area contributed by atoms with Crippen LogP contribution in [0, 0.1) is 4.77 Å². The lowest BCUT2D eigenvalue weighted by Gasteiger charge is -2.03. The fraction of sp³-hybridized carbons (Fsp3) is 0.231. The van der Waals surface area contributed by atoms with E-state index in [1.54, 1.807) is 12.1 Å². The molecule has 0 bridgehead atoms. The van der Waals surface area contributed by atoms with E-state index in [0.29, 0.717) is 11.6 Å². The summed E-state index contributed by atoms with van der Waals surface area (Å²) in [6, 6.07) is 7.49. The summed E-state index contributed by atoms with van der Waals surface area (Å²) in [7, 11) is 0. The Hall–Kier alpha value is -2.28. The van der Waals surface area contributed by atoms with Gasteiger partial charge in [0, 0.05) is 0 Å². The molecule has 0 saturated carbocycles. The monoisotopic (exact) mass is 290 g/mol. The standard InChI is InChI=1S/C13H14N4O2S/c1-7(2)8-3-5-9(6-4-8)16-17-10-11(18)14-13(20)15-12(10)19/h3-7H,1-2H3,(H3,14,15,18,19,20). The van der Waals surface area contributed by atoms with Crippen LogP contribution in [0.5, 0.6) is 5.88 Å². The molecule has 3 N–H and O–H groups in total. The Morgan fingerprint density at radius 3 is 2.35 bits per heavy atom. The molecule has 6 nitrogen and oxygen atoms in total. The highest BCUT2D eigenvalue weighted by Crippen LogP contribution is 2.23. The van der Waals surface area contributed by atoms with Crippen LogP contribution in [-0.4, -0.2) is 15.1 Å². The van der Waals surface area contributed by atoms with Crippen molar-refractivity contribution in [1.82, 2.24) is 9.97 Å². The molecule has 2 rings (SSSR count). The molecule has 0 aliphatic carbocycles. The number of rotatable bonds is 3. The van der Waals surface area contributed by atoms with E-state index >= 15 is 0 Å². The summed E-state index contributed by atoms with van der Waals surface area (Å²) in [5.74, 6) is 0.0309. The van der Waals surface area contributed by atoms with Crippen LogP contribution in [0.15, 0.2) is 39.3 Å². The highest BCUT2D eigenvalue weighted by atomic mass is 32.1. The molecule has 0 saturated heterocycles. The van der Waals surface area contributed by atoms with Crippen molar-refractivity contribution in [3.8, 4) is 5.88 Å². The van der Waals surface area contributed by atoms with Crippen molar-refractivity contribution >= 4 is 23.6 Å². The van der Waals surface area contributed by atoms with Crippen LogP contribution in [0.25, 0.3) is 0 Å². The lowest BCUT2D eigenvalue weighted by atomic mass is 10.0. The molecule has 0 aliphatic heterocycles. The van der Waals surface area contributed by atoms with Crippen LogP contribution in [-0.2, 0) is 0 Å². The smallest absolute Gasteiger partial charge is 0.283 e. The minimum Gasteiger partial charge on any atom is -0.493 e. The van der Waals surface area contributed by atoms with Crippen LogP contribution in [0.4, 0.5) is 11.4 Å². The van der Waals surface area contributed by atoms with Gasteiger partial charge in [-0.25, -0.2) is 0 Å². The maximum absolute atomic E-state index is 11.6. The van der Waals surface area contributed by atoms with Crippen molar-refractivity contribution in [2.24, 2.45) is 10.2 Å². The summed E-state index contributed by atoms with van der Waals surface area (Å²) in [6.07, 6.45) is 0. The van der Waals surface area contributed by atoms with Crippen molar-refractivity contribution in [3.63, 3.8) is 0 Å². The van der Waals surface area contributed by atoms with Gasteiger partial charge in [0.05, 0.1) is 5.69 Å². The van der Waals surface area contributed by atoms with Gasteiger partial charge in [-0.15, -0.1) is 5.11 Å². The van der Waals surface area contributed by atoms with Gasteiger partial charge in [0.1, 0.15) is 0 Å². The van der Waals surface area contributed by atoms with E-state index in [0.717, 1.165) is 0 Å². The van der Waals surface area contributed by atoms with Crippen LogP contribution in [0.3, 0.4) is 0 Å². The Bertz CT molecular complexity index is 744. The molecule has 7 heteroatoms. The molecule has 0 amide bonds. The third-order valence-electron chi connectivity index (χ3n) is 2.72. The number of aromatic nitrogens is 2. The maximum Gasteiger partial charge on any atom is 0.283 e. The molecule has 20 heavy (non-hydrogen) atoms. The fourth-order valence-electron chi connectivity index (χ4n) is 1.59. The van der Waals surface area contributed by atoms with Crippen LogP contribution >= 0.6 is 12.2 Å². The summed E-state index contributed by atoms with van der Waals surface area (Å²) in [5.41, 5.74) is 0.990. The first-order chi connectivity index (χ1) is 9.47. The summed E-state index contributed by atoms with van der Waals surface area (Å²) in [4.78, 5) is 16.3. The Morgan fingerprint density at radius 1 is 1.15 bits per heavy atom. The first-order valence-corrected chi connectivity index (χ1v) is 6.45. The van der Waals surface area contributed by atoms with E-state index in [-0.39, 0.29) is 10.5 Å². The molecular weight excluding hydrogens is 276 g/mol. The lowest BCUT2D eigenvalue weighted by Crippen LogP contribution is -2.06. The quantitative estimate of drug-likeness (QED) is 0.594. The largest absolute Gasteiger partial charge is 0.493 e. The van der Waals surface area contributed by atoms with Gasteiger partial charge < -0.3 is 10.1 Å². The molecular formula is C13H14N4O2S. The predicted octanol–water partition coefficient (Wildman–Crippen LogP) is 3.68. The number of H-pyrrole nitrogens is 2. The number of hydrogen-bond donors (Lipinski definition) is 3. The van der Waals surface area contributed by atoms with Crippen molar-refractivity contribution < 1.29 is 5.11 Å². The molecule has 0 atom stereocenters. The Morgan fingerprint density at radius 2 is 1.80 bits per heavy atom. The zero-order chi connectivity index (χ0) is 14.7. The molecule has 1 heterocycles. The Balaban J connectivity index is 2.30. The molecule has 2 aromatic rings. The van der Waals surface area contributed by atoms with E-state index in [9.17, 15) is 9.90 Å². The number of aromatic amines is 2. The number of benzene rings is 1. The summed E-state index contributed by atoms with van der Waals surface area (Å²) >= 11 is 4.72. The van der Waals surface area contributed by atoms with Crippen LogP contribution in [0.1, 0.15) is 25.3 Å². The first-order valence-electron chi connectivity index (χ1n) is 6.04. The average molecular weight is 290 g/mol. The second-order valence-corrected chi connectivity index (χ2v) is 4.96. The van der Waals surface area contributed by atoms with E-state index in [2.05, 4.69) is 34.0 Å². The highest BCUT2D eigenvalue weighted by molar-refractivity contribution is 7.71. The SMILES string of the molecule is CC(C)c1ccc(N=Nc2c(O)[nH]c(=S)[nH]c2=O)cc1. The van der Waals surface area contributed by atoms with E-state index in [4.69, 9.17) is 12.2 Å². The second kappa shape index (κ2) is 5.79. The van der Waals surface area contributed by atoms with Gasteiger partial charge in [0.15, 0.2) is 4.77 Å². The van der Waals surface area contributed by atoms with Gasteiger partial charge in [-0.1, -0.05) is 26.0 Å². The van der Waals surface area contributed by atoms with Crippen molar-refractivity contribution in [2.75, 3.05) is 0 Å². The van der Waals surface area contributed by atoms with Gasteiger partial charge in [-0.05, 0) is 35.8 Å². The molecule has 104 valence electrons. The Kier molecular flexibility index (Phi) is 4.09. The molecule has 1 aromatic carbocycles. The number of azo groups is 1. The highest BCUT2D eigenvalue weighted by Gasteiger charge is 2.06. The normalized spacial score (nSPS) is 11.3. The number of aromatic hydroxyl groups is 1. The molecule has 0 radical (unpaired) electrons. The van der Waals surface area contributed by atoms with E-state index in [1.165, 1.54) is 5.56 Å². The third kappa shape index (κ3) is 3.18. The number of nitrogens with zero attached hydrogens (tertiary/aromatic N) is 2. The van der Waals surface area contributed by atoms with Crippen molar-refractivity contribution in [3.05, 3.63) is 45.0 Å². The number of hydrogen-bond acceptors (Lipinski definition) is 5. The van der Waals surface area contributed by atoms with Crippen LogP contribution in [0.2, 0.25) is 0 Å². The summed E-state index contributed by atoms with van der Waals surface area (Å²) in [6.45, 7) is 4.20. The zero-order valence-corrected chi connectivity index (χ0v) is 11.9. The van der Waals surface area contributed by atoms with Crippen molar-refractivity contribution in [2.45, 2.75) is 19.8 Å². The van der Waals surface area contributed by atoms with Gasteiger partial charge >= 0.3 is 0 Å². The van der Waals surface area contributed by atoms with Gasteiger partial charge in [-0.2, -0.15) is 5.11 Å². The van der Waals surface area contributed by atoms with Crippen LogP contribution < -0.4 is 5.56 Å². The molecule has 0 fully saturated rings. The molecule has 0 unspecified atom stereocenters. The predicted molar refractivity (Wildman–Crippen MR) is 78.6 cm³/mol. The first kappa shape index (κ1) is 14.1. The molecule has 1 aromatic heterocycles.